The van der Waals surface area contributed by atoms with Crippen molar-refractivity contribution in [1.82, 2.24) is 16.0 Å². The van der Waals surface area contributed by atoms with Gasteiger partial charge in [0.05, 0.1) is 19.3 Å². The molecule has 1 saturated heterocycles. The fraction of sp³-hybridized carbons (Fsp3) is 0.867. The van der Waals surface area contributed by atoms with Crippen LogP contribution in [0.5, 0.6) is 0 Å². The largest absolute Gasteiger partial charge is 0.379 e. The lowest BCUT2D eigenvalue weighted by molar-refractivity contribution is -0.121. The highest BCUT2D eigenvalue weighted by molar-refractivity contribution is 14.0. The van der Waals surface area contributed by atoms with Gasteiger partial charge in [-0.2, -0.15) is 0 Å². The fourth-order valence-corrected chi connectivity index (χ4v) is 2.02. The third kappa shape index (κ3) is 11.5. The molecular formula is C15H31IN4O3. The molecule has 0 aromatic heterocycles. The molecule has 7 nitrogen and oxygen atoms in total. The van der Waals surface area contributed by atoms with Gasteiger partial charge in [0.2, 0.25) is 5.91 Å². The molecule has 8 heteroatoms. The summed E-state index contributed by atoms with van der Waals surface area (Å²) in [4.78, 5) is 15.8. The molecule has 23 heavy (non-hydrogen) atoms. The van der Waals surface area contributed by atoms with Crippen molar-refractivity contribution in [3.05, 3.63) is 0 Å². The molecule has 0 aromatic carbocycles. The zero-order valence-corrected chi connectivity index (χ0v) is 16.9. The summed E-state index contributed by atoms with van der Waals surface area (Å²) in [7, 11) is 1.68. The Hall–Kier alpha value is -0.610. The van der Waals surface area contributed by atoms with Crippen molar-refractivity contribution in [2.75, 3.05) is 40.0 Å². The average Bonchev–Trinajstić information content (AvgIpc) is 2.93. The molecule has 1 aliphatic heterocycles. The first-order chi connectivity index (χ1) is 10.4. The lowest BCUT2D eigenvalue weighted by atomic mass is 10.1. The van der Waals surface area contributed by atoms with Crippen LogP contribution in [-0.2, 0) is 14.3 Å². The summed E-state index contributed by atoms with van der Waals surface area (Å²) in [6.07, 6.45) is 2.11. The number of ether oxygens (including phenoxy) is 2. The number of carbonyl (C=O) groups excluding carboxylic acids is 1. The fourth-order valence-electron chi connectivity index (χ4n) is 2.02. The molecule has 1 heterocycles. The van der Waals surface area contributed by atoms with Crippen molar-refractivity contribution in [2.24, 2.45) is 4.99 Å². The average molecular weight is 442 g/mol. The third-order valence-corrected chi connectivity index (χ3v) is 3.01. The number of aliphatic imine (C=N–C) groups is 1. The molecule has 0 aromatic rings. The van der Waals surface area contributed by atoms with Crippen LogP contribution >= 0.6 is 24.0 Å². The van der Waals surface area contributed by atoms with Crippen LogP contribution in [0, 0.1) is 0 Å². The van der Waals surface area contributed by atoms with E-state index in [4.69, 9.17) is 9.47 Å². The van der Waals surface area contributed by atoms with E-state index in [2.05, 4.69) is 20.9 Å². The Kier molecular flexibility index (Phi) is 11.5. The van der Waals surface area contributed by atoms with Gasteiger partial charge < -0.3 is 25.4 Å². The third-order valence-electron chi connectivity index (χ3n) is 3.01. The predicted octanol–water partition coefficient (Wildman–Crippen LogP) is 0.880. The lowest BCUT2D eigenvalue weighted by Crippen LogP contribution is -2.48. The molecule has 3 N–H and O–H groups in total. The molecule has 1 aliphatic rings. The maximum absolute atomic E-state index is 11.7. The summed E-state index contributed by atoms with van der Waals surface area (Å²) in [6.45, 7) is 9.01. The Morgan fingerprint density at radius 1 is 1.35 bits per heavy atom. The second-order valence-electron chi connectivity index (χ2n) is 6.36. The minimum atomic E-state index is -0.225. The number of hydrogen-bond acceptors (Lipinski definition) is 4. The molecule has 1 amide bonds. The molecule has 0 spiro atoms. The second kappa shape index (κ2) is 11.9. The topological polar surface area (TPSA) is 84.0 Å². The summed E-state index contributed by atoms with van der Waals surface area (Å²) in [6, 6.07) is 0. The lowest BCUT2D eigenvalue weighted by Gasteiger charge is -2.21. The Bertz CT molecular complexity index is 366. The van der Waals surface area contributed by atoms with E-state index in [0.29, 0.717) is 19.2 Å². The van der Waals surface area contributed by atoms with Crippen LogP contribution in [-0.4, -0.2) is 63.5 Å². The van der Waals surface area contributed by atoms with Gasteiger partial charge in [-0.05, 0) is 33.6 Å². The molecule has 1 fully saturated rings. The van der Waals surface area contributed by atoms with Gasteiger partial charge in [0.25, 0.3) is 0 Å². The van der Waals surface area contributed by atoms with Gasteiger partial charge in [-0.25, -0.2) is 0 Å². The number of rotatable bonds is 7. The summed E-state index contributed by atoms with van der Waals surface area (Å²) in [5.41, 5.74) is -0.225. The van der Waals surface area contributed by atoms with E-state index in [0.717, 1.165) is 26.0 Å². The molecule has 1 rings (SSSR count). The molecule has 0 bridgehead atoms. The maximum Gasteiger partial charge on any atom is 0.239 e. The highest BCUT2D eigenvalue weighted by atomic mass is 127. The summed E-state index contributed by atoms with van der Waals surface area (Å²) in [5, 5.41) is 9.04. The Balaban J connectivity index is 0.00000484. The van der Waals surface area contributed by atoms with Gasteiger partial charge in [0.1, 0.15) is 0 Å². The second-order valence-corrected chi connectivity index (χ2v) is 6.36. The van der Waals surface area contributed by atoms with Gasteiger partial charge in [-0.1, -0.05) is 0 Å². The predicted molar refractivity (Wildman–Crippen MR) is 102 cm³/mol. The van der Waals surface area contributed by atoms with Crippen molar-refractivity contribution in [1.29, 1.82) is 0 Å². The molecule has 0 radical (unpaired) electrons. The van der Waals surface area contributed by atoms with Crippen LogP contribution in [0.1, 0.15) is 33.6 Å². The first kappa shape index (κ1) is 22.4. The van der Waals surface area contributed by atoms with Gasteiger partial charge in [-0.3, -0.25) is 9.79 Å². The molecular weight excluding hydrogens is 411 g/mol. The Morgan fingerprint density at radius 3 is 2.65 bits per heavy atom. The first-order valence-electron chi connectivity index (χ1n) is 7.85. The summed E-state index contributed by atoms with van der Waals surface area (Å²) >= 11 is 0. The smallest absolute Gasteiger partial charge is 0.239 e. The van der Waals surface area contributed by atoms with Crippen LogP contribution in [0.2, 0.25) is 0 Å². The Labute approximate surface area is 156 Å². The van der Waals surface area contributed by atoms with Crippen molar-refractivity contribution in [3.63, 3.8) is 0 Å². The van der Waals surface area contributed by atoms with Crippen LogP contribution in [0.3, 0.4) is 0 Å². The minimum Gasteiger partial charge on any atom is -0.379 e. The number of nitrogens with zero attached hydrogens (tertiary/aromatic N) is 1. The van der Waals surface area contributed by atoms with E-state index in [1.54, 1.807) is 7.05 Å². The number of amides is 1. The highest BCUT2D eigenvalue weighted by Crippen LogP contribution is 2.07. The van der Waals surface area contributed by atoms with E-state index in [-0.39, 0.29) is 48.1 Å². The normalized spacial score (nSPS) is 18.3. The van der Waals surface area contributed by atoms with E-state index in [1.807, 2.05) is 20.8 Å². The maximum atomic E-state index is 11.7. The zero-order chi connectivity index (χ0) is 16.4. The van der Waals surface area contributed by atoms with Crippen LogP contribution < -0.4 is 16.0 Å². The van der Waals surface area contributed by atoms with Gasteiger partial charge in [0.15, 0.2) is 5.96 Å². The quantitative estimate of drug-likeness (QED) is 0.236. The summed E-state index contributed by atoms with van der Waals surface area (Å²) < 4.78 is 10.9. The van der Waals surface area contributed by atoms with Crippen molar-refractivity contribution >= 4 is 35.8 Å². The van der Waals surface area contributed by atoms with Gasteiger partial charge in [-0.15, -0.1) is 24.0 Å². The zero-order valence-electron chi connectivity index (χ0n) is 14.6. The van der Waals surface area contributed by atoms with Crippen LogP contribution in [0.25, 0.3) is 0 Å². The molecule has 0 saturated carbocycles. The van der Waals surface area contributed by atoms with E-state index >= 15 is 0 Å². The van der Waals surface area contributed by atoms with Gasteiger partial charge in [0, 0.05) is 32.3 Å². The van der Waals surface area contributed by atoms with Crippen molar-refractivity contribution < 1.29 is 14.3 Å². The van der Waals surface area contributed by atoms with Crippen molar-refractivity contribution in [2.45, 2.75) is 45.3 Å². The number of nitrogens with one attached hydrogen (secondary N) is 3. The minimum absolute atomic E-state index is 0. The van der Waals surface area contributed by atoms with E-state index in [1.165, 1.54) is 0 Å². The molecule has 1 atom stereocenters. The monoisotopic (exact) mass is 442 g/mol. The SMILES string of the molecule is CN=C(NCCCOC1CCOC1)NCC(=O)NC(C)(C)C.I. The first-order valence-corrected chi connectivity index (χ1v) is 7.85. The van der Waals surface area contributed by atoms with E-state index < -0.39 is 0 Å². The van der Waals surface area contributed by atoms with Crippen molar-refractivity contribution in [3.8, 4) is 0 Å². The molecule has 0 aliphatic carbocycles. The Morgan fingerprint density at radius 2 is 2.09 bits per heavy atom. The summed E-state index contributed by atoms with van der Waals surface area (Å²) in [5.74, 6) is 0.563. The van der Waals surface area contributed by atoms with Gasteiger partial charge >= 0.3 is 0 Å². The van der Waals surface area contributed by atoms with Crippen LogP contribution in [0.4, 0.5) is 0 Å². The number of guanidine groups is 1. The number of halogens is 1. The number of hydrogen-bond donors (Lipinski definition) is 3. The highest BCUT2D eigenvalue weighted by Gasteiger charge is 2.15. The standard InChI is InChI=1S/C15H30N4O3.HI/c1-15(2,3)19-13(20)10-18-14(16-4)17-7-5-8-22-12-6-9-21-11-12;/h12H,5-11H2,1-4H3,(H,19,20)(H2,16,17,18);1H. The molecule has 136 valence electrons. The molecule has 1 unspecified atom stereocenters. The number of carbonyl (C=O) groups is 1. The van der Waals surface area contributed by atoms with Crippen LogP contribution in [0.15, 0.2) is 4.99 Å². The van der Waals surface area contributed by atoms with E-state index in [9.17, 15) is 4.79 Å².